The molecule has 0 fully saturated rings. The van der Waals surface area contributed by atoms with Gasteiger partial charge in [0.05, 0.1) is 12.2 Å². The van der Waals surface area contributed by atoms with E-state index in [-0.39, 0.29) is 0 Å². The summed E-state index contributed by atoms with van der Waals surface area (Å²) >= 11 is 0. The smallest absolute Gasteiger partial charge is 0.258 e. The number of aromatic nitrogens is 2. The van der Waals surface area contributed by atoms with Crippen LogP contribution in [0.5, 0.6) is 5.75 Å². The summed E-state index contributed by atoms with van der Waals surface area (Å²) in [7, 11) is 0. The first-order valence-electron chi connectivity index (χ1n) is 7.00. The van der Waals surface area contributed by atoms with Crippen LogP contribution in [-0.4, -0.2) is 16.7 Å². The summed E-state index contributed by atoms with van der Waals surface area (Å²) in [6.45, 7) is 2.74. The molecule has 0 amide bonds. The first-order chi connectivity index (χ1) is 10.4. The van der Waals surface area contributed by atoms with Crippen molar-refractivity contribution in [2.45, 2.75) is 13.3 Å². The molecular formula is C17H16N2O2. The number of nitrogens with zero attached hydrogens (tertiary/aromatic N) is 2. The van der Waals surface area contributed by atoms with Crippen molar-refractivity contribution in [3.63, 3.8) is 0 Å². The number of rotatable bonds is 5. The van der Waals surface area contributed by atoms with Crippen molar-refractivity contribution in [3.8, 4) is 28.6 Å². The Bertz CT molecular complexity index is 708. The Hall–Kier alpha value is -2.62. The van der Waals surface area contributed by atoms with Gasteiger partial charge >= 0.3 is 0 Å². The lowest BCUT2D eigenvalue weighted by Gasteiger charge is -2.07. The molecule has 0 saturated heterocycles. The molecule has 21 heavy (non-hydrogen) atoms. The van der Waals surface area contributed by atoms with Gasteiger partial charge in [-0.1, -0.05) is 42.4 Å². The third-order valence-corrected chi connectivity index (χ3v) is 3.04. The fourth-order valence-corrected chi connectivity index (χ4v) is 2.02. The maximum Gasteiger partial charge on any atom is 0.258 e. The topological polar surface area (TPSA) is 48.2 Å². The molecular weight excluding hydrogens is 264 g/mol. The third-order valence-electron chi connectivity index (χ3n) is 3.04. The summed E-state index contributed by atoms with van der Waals surface area (Å²) in [6.07, 6.45) is 0.954. The van der Waals surface area contributed by atoms with Gasteiger partial charge in [0.2, 0.25) is 5.82 Å². The molecule has 0 saturated carbocycles. The van der Waals surface area contributed by atoms with Crippen LogP contribution in [0.25, 0.3) is 22.8 Å². The standard InChI is InChI=1S/C17H16N2O2/c1-2-12-20-15-11-7-6-10-14(15)16-18-17(21-19-16)13-8-4-3-5-9-13/h3-11H,2,12H2,1H3. The average Bonchev–Trinajstić information content (AvgIpc) is 3.04. The lowest BCUT2D eigenvalue weighted by atomic mass is 10.2. The van der Waals surface area contributed by atoms with Crippen molar-refractivity contribution in [1.82, 2.24) is 10.1 Å². The van der Waals surface area contributed by atoms with E-state index in [1.54, 1.807) is 0 Å². The summed E-state index contributed by atoms with van der Waals surface area (Å²) in [5.41, 5.74) is 1.75. The van der Waals surface area contributed by atoms with E-state index < -0.39 is 0 Å². The lowest BCUT2D eigenvalue weighted by molar-refractivity contribution is 0.318. The minimum Gasteiger partial charge on any atom is -0.493 e. The normalized spacial score (nSPS) is 10.5. The number of benzene rings is 2. The van der Waals surface area contributed by atoms with Crippen molar-refractivity contribution in [2.24, 2.45) is 0 Å². The minimum atomic E-state index is 0.510. The fraction of sp³-hybridized carbons (Fsp3) is 0.176. The van der Waals surface area contributed by atoms with E-state index in [2.05, 4.69) is 17.1 Å². The predicted octanol–water partition coefficient (Wildman–Crippen LogP) is 4.19. The molecule has 1 aromatic heterocycles. The van der Waals surface area contributed by atoms with Crippen LogP contribution >= 0.6 is 0 Å². The largest absolute Gasteiger partial charge is 0.493 e. The Kier molecular flexibility index (Phi) is 3.96. The van der Waals surface area contributed by atoms with Crippen LogP contribution in [0.4, 0.5) is 0 Å². The molecule has 106 valence electrons. The quantitative estimate of drug-likeness (QED) is 0.703. The van der Waals surface area contributed by atoms with Gasteiger partial charge in [-0.05, 0) is 30.7 Å². The monoisotopic (exact) mass is 280 g/mol. The van der Waals surface area contributed by atoms with Gasteiger partial charge < -0.3 is 9.26 Å². The highest BCUT2D eigenvalue weighted by molar-refractivity contribution is 5.65. The van der Waals surface area contributed by atoms with E-state index in [9.17, 15) is 0 Å². The number of ether oxygens (including phenoxy) is 1. The van der Waals surface area contributed by atoms with E-state index >= 15 is 0 Å². The first kappa shape index (κ1) is 13.4. The molecule has 0 atom stereocenters. The van der Waals surface area contributed by atoms with Crippen LogP contribution in [0, 0.1) is 0 Å². The van der Waals surface area contributed by atoms with Gasteiger partial charge in [-0.25, -0.2) is 0 Å². The van der Waals surface area contributed by atoms with Crippen LogP contribution in [0.2, 0.25) is 0 Å². The molecule has 4 nitrogen and oxygen atoms in total. The van der Waals surface area contributed by atoms with Gasteiger partial charge in [-0.15, -0.1) is 0 Å². The van der Waals surface area contributed by atoms with Crippen LogP contribution in [-0.2, 0) is 0 Å². The molecule has 4 heteroatoms. The molecule has 1 heterocycles. The van der Waals surface area contributed by atoms with E-state index in [0.717, 1.165) is 23.3 Å². The molecule has 0 bridgehead atoms. The van der Waals surface area contributed by atoms with Crippen molar-refractivity contribution in [2.75, 3.05) is 6.61 Å². The Morgan fingerprint density at radius 1 is 1.00 bits per heavy atom. The number of hydrogen-bond acceptors (Lipinski definition) is 4. The highest BCUT2D eigenvalue weighted by Crippen LogP contribution is 2.29. The Morgan fingerprint density at radius 2 is 1.76 bits per heavy atom. The predicted molar refractivity (Wildman–Crippen MR) is 81.0 cm³/mol. The summed E-state index contributed by atoms with van der Waals surface area (Å²) in [4.78, 5) is 4.46. The van der Waals surface area contributed by atoms with Crippen LogP contribution < -0.4 is 4.74 Å². The number of hydrogen-bond donors (Lipinski definition) is 0. The van der Waals surface area contributed by atoms with Gasteiger partial charge in [-0.2, -0.15) is 4.98 Å². The van der Waals surface area contributed by atoms with Gasteiger partial charge in [0.1, 0.15) is 5.75 Å². The van der Waals surface area contributed by atoms with Gasteiger partial charge in [0, 0.05) is 5.56 Å². The van der Waals surface area contributed by atoms with E-state index in [0.29, 0.717) is 18.3 Å². The summed E-state index contributed by atoms with van der Waals surface area (Å²) in [6, 6.07) is 17.4. The molecule has 2 aromatic carbocycles. The van der Waals surface area contributed by atoms with Gasteiger partial charge in [-0.3, -0.25) is 0 Å². The molecule has 0 aliphatic rings. The highest BCUT2D eigenvalue weighted by atomic mass is 16.5. The summed E-state index contributed by atoms with van der Waals surface area (Å²) in [5.74, 6) is 1.83. The van der Waals surface area contributed by atoms with Crippen molar-refractivity contribution in [3.05, 3.63) is 54.6 Å². The molecule has 3 rings (SSSR count). The Morgan fingerprint density at radius 3 is 2.57 bits per heavy atom. The SMILES string of the molecule is CCCOc1ccccc1-c1noc(-c2ccccc2)n1. The Balaban J connectivity index is 1.93. The maximum atomic E-state index is 5.73. The molecule has 0 aliphatic heterocycles. The van der Waals surface area contributed by atoms with Crippen molar-refractivity contribution >= 4 is 0 Å². The summed E-state index contributed by atoms with van der Waals surface area (Å²) < 4.78 is 11.1. The molecule has 0 spiro atoms. The molecule has 3 aromatic rings. The van der Waals surface area contributed by atoms with Gasteiger partial charge in [0.15, 0.2) is 0 Å². The molecule has 0 radical (unpaired) electrons. The van der Waals surface area contributed by atoms with E-state index in [4.69, 9.17) is 9.26 Å². The first-order valence-corrected chi connectivity index (χ1v) is 7.00. The lowest BCUT2D eigenvalue weighted by Crippen LogP contribution is -1.97. The second-order valence-electron chi connectivity index (χ2n) is 4.63. The second-order valence-corrected chi connectivity index (χ2v) is 4.63. The average molecular weight is 280 g/mol. The zero-order chi connectivity index (χ0) is 14.5. The second kappa shape index (κ2) is 6.22. The zero-order valence-corrected chi connectivity index (χ0v) is 11.8. The van der Waals surface area contributed by atoms with Crippen LogP contribution in [0.15, 0.2) is 59.1 Å². The number of para-hydroxylation sites is 1. The van der Waals surface area contributed by atoms with Gasteiger partial charge in [0.25, 0.3) is 5.89 Å². The highest BCUT2D eigenvalue weighted by Gasteiger charge is 2.14. The van der Waals surface area contributed by atoms with E-state index in [1.807, 2.05) is 54.6 Å². The zero-order valence-electron chi connectivity index (χ0n) is 11.8. The minimum absolute atomic E-state index is 0.510. The van der Waals surface area contributed by atoms with E-state index in [1.165, 1.54) is 0 Å². The summed E-state index contributed by atoms with van der Waals surface area (Å²) in [5, 5.41) is 4.07. The third kappa shape index (κ3) is 2.94. The Labute approximate surface area is 123 Å². The molecule has 0 N–H and O–H groups in total. The molecule has 0 unspecified atom stereocenters. The fourth-order valence-electron chi connectivity index (χ4n) is 2.02. The van der Waals surface area contributed by atoms with Crippen LogP contribution in [0.3, 0.4) is 0 Å². The van der Waals surface area contributed by atoms with Crippen LogP contribution in [0.1, 0.15) is 13.3 Å². The maximum absolute atomic E-state index is 5.73. The molecule has 0 aliphatic carbocycles. The van der Waals surface area contributed by atoms with Crippen molar-refractivity contribution in [1.29, 1.82) is 0 Å². The van der Waals surface area contributed by atoms with Crippen molar-refractivity contribution < 1.29 is 9.26 Å².